The van der Waals surface area contributed by atoms with E-state index in [0.29, 0.717) is 17.1 Å². The van der Waals surface area contributed by atoms with E-state index in [4.69, 9.17) is 11.6 Å². The first-order chi connectivity index (χ1) is 13.7. The van der Waals surface area contributed by atoms with Gasteiger partial charge in [0.15, 0.2) is 0 Å². The van der Waals surface area contributed by atoms with Crippen LogP contribution in [-0.2, 0) is 6.54 Å². The molecule has 29 heavy (non-hydrogen) atoms. The number of hydrogen-bond acceptors (Lipinski definition) is 3. The summed E-state index contributed by atoms with van der Waals surface area (Å²) in [4.78, 5) is 12.7. The Kier molecular flexibility index (Phi) is 6.17. The number of carbonyl (C=O) groups is 1. The van der Waals surface area contributed by atoms with Crippen molar-refractivity contribution in [1.29, 1.82) is 0 Å². The normalized spacial score (nSPS) is 11.0. The SMILES string of the molecule is Cc1ccc(NC(=O)c2cccc(Cn3nc(C)c(Cl)c3C)c2)c(OC(F)F)c1. The van der Waals surface area contributed by atoms with Gasteiger partial charge in [0.2, 0.25) is 0 Å². The van der Waals surface area contributed by atoms with E-state index in [-0.39, 0.29) is 11.4 Å². The number of halogens is 3. The minimum atomic E-state index is -2.98. The third-order valence-corrected chi connectivity index (χ3v) is 4.96. The van der Waals surface area contributed by atoms with Gasteiger partial charge >= 0.3 is 6.61 Å². The predicted molar refractivity (Wildman–Crippen MR) is 108 cm³/mol. The predicted octanol–water partition coefficient (Wildman–Crippen LogP) is 5.36. The van der Waals surface area contributed by atoms with Crippen molar-refractivity contribution >= 4 is 23.2 Å². The monoisotopic (exact) mass is 419 g/mol. The van der Waals surface area contributed by atoms with Crippen LogP contribution >= 0.6 is 11.6 Å². The number of alkyl halides is 2. The van der Waals surface area contributed by atoms with Gasteiger partial charge in [0, 0.05) is 5.56 Å². The van der Waals surface area contributed by atoms with Gasteiger partial charge in [-0.05, 0) is 56.2 Å². The van der Waals surface area contributed by atoms with Crippen LogP contribution in [-0.4, -0.2) is 22.3 Å². The quantitative estimate of drug-likeness (QED) is 0.584. The first kappa shape index (κ1) is 20.8. The molecule has 0 fully saturated rings. The Labute approximate surface area is 172 Å². The largest absolute Gasteiger partial charge is 0.433 e. The van der Waals surface area contributed by atoms with Crippen LogP contribution in [0.15, 0.2) is 42.5 Å². The average Bonchev–Trinajstić information content (AvgIpc) is 2.90. The van der Waals surface area contributed by atoms with Gasteiger partial charge in [-0.15, -0.1) is 0 Å². The molecular formula is C21H20ClF2N3O2. The van der Waals surface area contributed by atoms with Crippen molar-refractivity contribution in [2.24, 2.45) is 0 Å². The van der Waals surface area contributed by atoms with Crippen LogP contribution in [0.3, 0.4) is 0 Å². The smallest absolute Gasteiger partial charge is 0.387 e. The number of nitrogens with zero attached hydrogens (tertiary/aromatic N) is 2. The minimum Gasteiger partial charge on any atom is -0.433 e. The van der Waals surface area contributed by atoms with Gasteiger partial charge in [-0.2, -0.15) is 13.9 Å². The zero-order valence-corrected chi connectivity index (χ0v) is 16.9. The molecule has 0 bridgehead atoms. The molecule has 1 heterocycles. The fourth-order valence-electron chi connectivity index (χ4n) is 2.93. The number of ether oxygens (including phenoxy) is 1. The van der Waals surface area contributed by atoms with Gasteiger partial charge in [-0.25, -0.2) is 0 Å². The minimum absolute atomic E-state index is 0.0817. The summed E-state index contributed by atoms with van der Waals surface area (Å²) >= 11 is 6.19. The third-order valence-electron chi connectivity index (χ3n) is 4.42. The summed E-state index contributed by atoms with van der Waals surface area (Å²) in [5.74, 6) is -0.511. The summed E-state index contributed by atoms with van der Waals surface area (Å²) in [6.07, 6.45) is 0. The van der Waals surface area contributed by atoms with E-state index < -0.39 is 12.5 Å². The summed E-state index contributed by atoms with van der Waals surface area (Å²) < 4.78 is 31.6. The molecule has 0 aliphatic carbocycles. The molecule has 1 N–H and O–H groups in total. The molecule has 8 heteroatoms. The van der Waals surface area contributed by atoms with Gasteiger partial charge in [-0.1, -0.05) is 29.8 Å². The third kappa shape index (κ3) is 4.92. The maximum atomic E-state index is 12.7. The van der Waals surface area contributed by atoms with E-state index >= 15 is 0 Å². The zero-order valence-electron chi connectivity index (χ0n) is 16.2. The first-order valence-electron chi connectivity index (χ1n) is 8.90. The lowest BCUT2D eigenvalue weighted by molar-refractivity contribution is -0.0494. The second kappa shape index (κ2) is 8.61. The van der Waals surface area contributed by atoms with E-state index in [9.17, 15) is 13.6 Å². The maximum absolute atomic E-state index is 12.7. The summed E-state index contributed by atoms with van der Waals surface area (Å²) in [5, 5.41) is 7.64. The van der Waals surface area contributed by atoms with Gasteiger partial charge in [0.25, 0.3) is 5.91 Å². The number of nitrogens with one attached hydrogen (secondary N) is 1. The second-order valence-corrected chi connectivity index (χ2v) is 7.05. The molecule has 0 unspecified atom stereocenters. The highest BCUT2D eigenvalue weighted by molar-refractivity contribution is 6.31. The van der Waals surface area contributed by atoms with Gasteiger partial charge in [0.1, 0.15) is 5.75 Å². The molecule has 1 aromatic heterocycles. The van der Waals surface area contributed by atoms with E-state index in [1.165, 1.54) is 12.1 Å². The molecule has 0 radical (unpaired) electrons. The van der Waals surface area contributed by atoms with Crippen LogP contribution in [0.5, 0.6) is 5.75 Å². The van der Waals surface area contributed by atoms with Gasteiger partial charge in [-0.3, -0.25) is 9.48 Å². The van der Waals surface area contributed by atoms with Crippen molar-refractivity contribution in [3.8, 4) is 5.75 Å². The Morgan fingerprint density at radius 2 is 1.97 bits per heavy atom. The van der Waals surface area contributed by atoms with Crippen LogP contribution in [0.4, 0.5) is 14.5 Å². The molecule has 1 amide bonds. The summed E-state index contributed by atoms with van der Waals surface area (Å²) in [6.45, 7) is 2.92. The van der Waals surface area contributed by atoms with Crippen molar-refractivity contribution in [3.05, 3.63) is 75.6 Å². The van der Waals surface area contributed by atoms with E-state index in [0.717, 1.165) is 22.5 Å². The van der Waals surface area contributed by atoms with Crippen LogP contribution in [0.25, 0.3) is 0 Å². The van der Waals surface area contributed by atoms with Gasteiger partial charge < -0.3 is 10.1 Å². The molecule has 0 aliphatic rings. The highest BCUT2D eigenvalue weighted by Crippen LogP contribution is 2.28. The van der Waals surface area contributed by atoms with Crippen LogP contribution in [0.1, 0.15) is 32.9 Å². The highest BCUT2D eigenvalue weighted by Gasteiger charge is 2.15. The molecule has 152 valence electrons. The average molecular weight is 420 g/mol. The fraction of sp³-hybridized carbons (Fsp3) is 0.238. The fourth-order valence-corrected chi connectivity index (χ4v) is 3.07. The Morgan fingerprint density at radius 1 is 1.21 bits per heavy atom. The number of rotatable bonds is 6. The molecule has 5 nitrogen and oxygen atoms in total. The number of hydrogen-bond donors (Lipinski definition) is 1. The van der Waals surface area contributed by atoms with Crippen molar-refractivity contribution in [2.45, 2.75) is 33.9 Å². The van der Waals surface area contributed by atoms with E-state index in [1.807, 2.05) is 19.9 Å². The van der Waals surface area contributed by atoms with Crippen molar-refractivity contribution in [3.63, 3.8) is 0 Å². The van der Waals surface area contributed by atoms with Crippen LogP contribution < -0.4 is 10.1 Å². The van der Waals surface area contributed by atoms with E-state index in [2.05, 4.69) is 15.2 Å². The lowest BCUT2D eigenvalue weighted by atomic mass is 10.1. The molecule has 3 rings (SSSR count). The summed E-state index contributed by atoms with van der Waals surface area (Å²) in [7, 11) is 0. The number of carbonyl (C=O) groups excluding carboxylic acids is 1. The Bertz CT molecular complexity index is 1050. The molecule has 0 aliphatic heterocycles. The molecule has 0 saturated carbocycles. The highest BCUT2D eigenvalue weighted by atomic mass is 35.5. The molecule has 3 aromatic rings. The second-order valence-electron chi connectivity index (χ2n) is 6.68. The number of amides is 1. The van der Waals surface area contributed by atoms with Crippen molar-refractivity contribution in [1.82, 2.24) is 9.78 Å². The van der Waals surface area contributed by atoms with Crippen molar-refractivity contribution < 1.29 is 18.3 Å². The maximum Gasteiger partial charge on any atom is 0.387 e. The Morgan fingerprint density at radius 3 is 2.62 bits per heavy atom. The molecule has 0 saturated heterocycles. The summed E-state index contributed by atoms with van der Waals surface area (Å²) in [5.41, 5.74) is 3.74. The van der Waals surface area contributed by atoms with Crippen LogP contribution in [0.2, 0.25) is 5.02 Å². The molecule has 0 spiro atoms. The van der Waals surface area contributed by atoms with Gasteiger partial charge in [0.05, 0.1) is 28.6 Å². The number of benzene rings is 2. The first-order valence-corrected chi connectivity index (χ1v) is 9.27. The molecule has 2 aromatic carbocycles. The van der Waals surface area contributed by atoms with Crippen molar-refractivity contribution in [2.75, 3.05) is 5.32 Å². The molecular weight excluding hydrogens is 400 g/mol. The lowest BCUT2D eigenvalue weighted by Gasteiger charge is -2.13. The zero-order chi connectivity index (χ0) is 21.1. The number of aryl methyl sites for hydroxylation is 2. The van der Waals surface area contributed by atoms with Crippen LogP contribution in [0, 0.1) is 20.8 Å². The van der Waals surface area contributed by atoms with E-state index in [1.54, 1.807) is 35.9 Å². The number of aromatic nitrogens is 2. The number of anilines is 1. The Hall–Kier alpha value is -2.93. The standard InChI is InChI=1S/C21H20ClF2N3O2/c1-12-7-8-17(18(9-12)29-21(23)24)25-20(28)16-6-4-5-15(10-16)11-27-14(3)19(22)13(2)26-27/h4-10,21H,11H2,1-3H3,(H,25,28). The Balaban J connectivity index is 1.80. The summed E-state index contributed by atoms with van der Waals surface area (Å²) in [6, 6.07) is 11.7. The molecule has 0 atom stereocenters. The topological polar surface area (TPSA) is 56.2 Å². The lowest BCUT2D eigenvalue weighted by Crippen LogP contribution is -2.14.